The molecule has 0 unspecified atom stereocenters. The van der Waals surface area contributed by atoms with Crippen molar-refractivity contribution in [2.24, 2.45) is 0 Å². The molecular weight excluding hydrogens is 312 g/mol. The molecule has 25 heavy (non-hydrogen) atoms. The van der Waals surface area contributed by atoms with Crippen LogP contribution in [0.15, 0.2) is 36.8 Å². The van der Waals surface area contributed by atoms with E-state index in [0.717, 1.165) is 29.9 Å². The standard InChI is InChI=1S/C19H24N6/c1-2-6-10-25(9-5-1)13-16-8-4-3-7-15(16)11-20-18-17-12-23-24-19(17)22-14-21-18/h3-4,7-8,12,14H,1-2,5-6,9-11,13H2,(H2,20,21,22,23,24). The summed E-state index contributed by atoms with van der Waals surface area (Å²) >= 11 is 0. The summed E-state index contributed by atoms with van der Waals surface area (Å²) in [5.74, 6) is 0.823. The molecule has 6 nitrogen and oxygen atoms in total. The molecule has 0 atom stereocenters. The van der Waals surface area contributed by atoms with Crippen LogP contribution in [0.25, 0.3) is 11.0 Å². The lowest BCUT2D eigenvalue weighted by molar-refractivity contribution is 0.276. The molecule has 1 aromatic carbocycles. The maximum absolute atomic E-state index is 4.36. The van der Waals surface area contributed by atoms with Crippen LogP contribution < -0.4 is 5.32 Å². The fraction of sp³-hybridized carbons (Fsp3) is 0.421. The maximum Gasteiger partial charge on any atom is 0.160 e. The minimum Gasteiger partial charge on any atom is -0.365 e. The molecule has 2 N–H and O–H groups in total. The van der Waals surface area contributed by atoms with E-state index in [1.165, 1.54) is 49.9 Å². The van der Waals surface area contributed by atoms with Gasteiger partial charge >= 0.3 is 0 Å². The van der Waals surface area contributed by atoms with E-state index in [0.29, 0.717) is 0 Å². The molecule has 0 radical (unpaired) electrons. The molecule has 1 fully saturated rings. The van der Waals surface area contributed by atoms with E-state index in [2.05, 4.69) is 54.6 Å². The van der Waals surface area contributed by atoms with Gasteiger partial charge in [0.2, 0.25) is 0 Å². The molecular formula is C19H24N6. The summed E-state index contributed by atoms with van der Waals surface area (Å²) in [4.78, 5) is 11.1. The van der Waals surface area contributed by atoms with Crippen molar-refractivity contribution in [2.75, 3.05) is 18.4 Å². The quantitative estimate of drug-likeness (QED) is 0.748. The Morgan fingerprint density at radius 1 is 1.00 bits per heavy atom. The first-order chi connectivity index (χ1) is 12.4. The molecule has 0 spiro atoms. The van der Waals surface area contributed by atoms with Crippen molar-refractivity contribution in [1.82, 2.24) is 25.1 Å². The molecule has 130 valence electrons. The maximum atomic E-state index is 4.36. The summed E-state index contributed by atoms with van der Waals surface area (Å²) in [6.45, 7) is 4.21. The van der Waals surface area contributed by atoms with Crippen molar-refractivity contribution >= 4 is 16.9 Å². The molecule has 2 aromatic heterocycles. The predicted octanol–water partition coefficient (Wildman–Crippen LogP) is 3.34. The third-order valence-electron chi connectivity index (χ3n) is 4.91. The van der Waals surface area contributed by atoms with E-state index < -0.39 is 0 Å². The molecule has 0 amide bonds. The summed E-state index contributed by atoms with van der Waals surface area (Å²) in [5.41, 5.74) is 3.48. The van der Waals surface area contributed by atoms with Crippen molar-refractivity contribution in [1.29, 1.82) is 0 Å². The Kier molecular flexibility index (Phi) is 4.88. The van der Waals surface area contributed by atoms with Gasteiger partial charge in [0.05, 0.1) is 11.6 Å². The highest BCUT2D eigenvalue weighted by atomic mass is 15.2. The number of aromatic amines is 1. The van der Waals surface area contributed by atoms with Crippen LogP contribution in [-0.4, -0.2) is 38.2 Å². The van der Waals surface area contributed by atoms with Crippen molar-refractivity contribution in [2.45, 2.75) is 38.8 Å². The zero-order valence-electron chi connectivity index (χ0n) is 14.4. The summed E-state index contributed by atoms with van der Waals surface area (Å²) in [5, 5.41) is 11.3. The van der Waals surface area contributed by atoms with Crippen LogP contribution in [0.1, 0.15) is 36.8 Å². The number of fused-ring (bicyclic) bond motifs is 1. The van der Waals surface area contributed by atoms with Crippen LogP contribution >= 0.6 is 0 Å². The van der Waals surface area contributed by atoms with E-state index in [-0.39, 0.29) is 0 Å². The fourth-order valence-electron chi connectivity index (χ4n) is 3.50. The van der Waals surface area contributed by atoms with E-state index in [1.807, 2.05) is 0 Å². The van der Waals surface area contributed by atoms with Crippen molar-refractivity contribution < 1.29 is 0 Å². The second kappa shape index (κ2) is 7.61. The average Bonchev–Trinajstić information content (AvgIpc) is 2.99. The van der Waals surface area contributed by atoms with Crippen LogP contribution in [0, 0.1) is 0 Å². The van der Waals surface area contributed by atoms with Crippen LogP contribution in [0.3, 0.4) is 0 Å². The third kappa shape index (κ3) is 3.79. The lowest BCUT2D eigenvalue weighted by atomic mass is 10.1. The Morgan fingerprint density at radius 2 is 1.80 bits per heavy atom. The number of likely N-dealkylation sites (tertiary alicyclic amines) is 1. The number of hydrogen-bond donors (Lipinski definition) is 2. The lowest BCUT2D eigenvalue weighted by Crippen LogP contribution is -2.24. The first-order valence-corrected chi connectivity index (χ1v) is 9.07. The largest absolute Gasteiger partial charge is 0.365 e. The van der Waals surface area contributed by atoms with E-state index in [4.69, 9.17) is 0 Å². The fourth-order valence-corrected chi connectivity index (χ4v) is 3.50. The minimum atomic E-state index is 0.751. The van der Waals surface area contributed by atoms with Crippen LogP contribution in [0.5, 0.6) is 0 Å². The van der Waals surface area contributed by atoms with Gasteiger partial charge in [0.1, 0.15) is 12.1 Å². The van der Waals surface area contributed by atoms with Gasteiger partial charge in [0.15, 0.2) is 5.65 Å². The van der Waals surface area contributed by atoms with E-state index >= 15 is 0 Å². The number of nitrogens with zero attached hydrogens (tertiary/aromatic N) is 4. The Labute approximate surface area is 147 Å². The Bertz CT molecular complexity index is 819. The van der Waals surface area contributed by atoms with Gasteiger partial charge in [-0.1, -0.05) is 37.1 Å². The van der Waals surface area contributed by atoms with Crippen molar-refractivity contribution in [3.63, 3.8) is 0 Å². The van der Waals surface area contributed by atoms with Crippen LogP contribution in [0.2, 0.25) is 0 Å². The molecule has 0 aliphatic carbocycles. The SMILES string of the molecule is c1ccc(CN2CCCCCC2)c(CNc2ncnc3[nH]ncc23)c1. The Balaban J connectivity index is 1.48. The monoisotopic (exact) mass is 336 g/mol. The smallest absolute Gasteiger partial charge is 0.160 e. The van der Waals surface area contributed by atoms with Crippen LogP contribution in [-0.2, 0) is 13.1 Å². The molecule has 1 saturated heterocycles. The van der Waals surface area contributed by atoms with Crippen molar-refractivity contribution in [3.05, 3.63) is 47.9 Å². The number of benzene rings is 1. The highest BCUT2D eigenvalue weighted by Gasteiger charge is 2.12. The number of anilines is 1. The second-order valence-electron chi connectivity index (χ2n) is 6.67. The zero-order valence-corrected chi connectivity index (χ0v) is 14.4. The Hall–Kier alpha value is -2.47. The topological polar surface area (TPSA) is 69.7 Å². The number of aromatic nitrogens is 4. The van der Waals surface area contributed by atoms with Gasteiger partial charge in [-0.15, -0.1) is 0 Å². The molecule has 0 bridgehead atoms. The predicted molar refractivity (Wildman–Crippen MR) is 99.2 cm³/mol. The van der Waals surface area contributed by atoms with E-state index in [9.17, 15) is 0 Å². The summed E-state index contributed by atoms with van der Waals surface area (Å²) < 4.78 is 0. The van der Waals surface area contributed by atoms with Gasteiger partial charge in [0.25, 0.3) is 0 Å². The molecule has 6 heteroatoms. The normalized spacial score (nSPS) is 16.0. The summed E-state index contributed by atoms with van der Waals surface area (Å²) in [6, 6.07) is 8.69. The summed E-state index contributed by atoms with van der Waals surface area (Å²) in [6.07, 6.45) is 8.70. The Morgan fingerprint density at radius 3 is 2.64 bits per heavy atom. The molecule has 4 rings (SSSR count). The van der Waals surface area contributed by atoms with Gasteiger partial charge in [-0.2, -0.15) is 5.10 Å². The first-order valence-electron chi connectivity index (χ1n) is 9.07. The van der Waals surface area contributed by atoms with Gasteiger partial charge in [-0.3, -0.25) is 10.00 Å². The number of H-pyrrole nitrogens is 1. The number of rotatable bonds is 5. The highest BCUT2D eigenvalue weighted by Crippen LogP contribution is 2.20. The molecule has 1 aliphatic rings. The average molecular weight is 336 g/mol. The van der Waals surface area contributed by atoms with Gasteiger partial charge in [-0.05, 0) is 37.1 Å². The summed E-state index contributed by atoms with van der Waals surface area (Å²) in [7, 11) is 0. The first kappa shape index (κ1) is 16.0. The molecule has 3 heterocycles. The van der Waals surface area contributed by atoms with Gasteiger partial charge in [-0.25, -0.2) is 9.97 Å². The highest BCUT2D eigenvalue weighted by molar-refractivity contribution is 5.85. The number of nitrogens with one attached hydrogen (secondary N) is 2. The molecule has 0 saturated carbocycles. The number of hydrogen-bond acceptors (Lipinski definition) is 5. The molecule has 3 aromatic rings. The zero-order chi connectivity index (χ0) is 16.9. The lowest BCUT2D eigenvalue weighted by Gasteiger charge is -2.21. The molecule has 1 aliphatic heterocycles. The van der Waals surface area contributed by atoms with Crippen LogP contribution in [0.4, 0.5) is 5.82 Å². The second-order valence-corrected chi connectivity index (χ2v) is 6.67. The van der Waals surface area contributed by atoms with E-state index in [1.54, 1.807) is 12.5 Å². The van der Waals surface area contributed by atoms with Gasteiger partial charge in [0, 0.05) is 13.1 Å². The minimum absolute atomic E-state index is 0.751. The van der Waals surface area contributed by atoms with Crippen molar-refractivity contribution in [3.8, 4) is 0 Å². The van der Waals surface area contributed by atoms with Gasteiger partial charge < -0.3 is 5.32 Å². The third-order valence-corrected chi connectivity index (χ3v) is 4.91.